The van der Waals surface area contributed by atoms with E-state index < -0.39 is 0 Å². The van der Waals surface area contributed by atoms with Crippen molar-refractivity contribution in [2.45, 2.75) is 32.6 Å². The summed E-state index contributed by atoms with van der Waals surface area (Å²) < 4.78 is 18.4. The van der Waals surface area contributed by atoms with Crippen molar-refractivity contribution in [2.24, 2.45) is 0 Å². The van der Waals surface area contributed by atoms with Crippen LogP contribution in [0.4, 0.5) is 0 Å². The van der Waals surface area contributed by atoms with Gasteiger partial charge < -0.3 is 13.9 Å². The van der Waals surface area contributed by atoms with E-state index in [1.807, 2.05) is 30.3 Å². The number of aryl methyl sites for hydroxylation is 1. The molecule has 2 aromatic carbocycles. The van der Waals surface area contributed by atoms with E-state index in [9.17, 15) is 4.79 Å². The second kappa shape index (κ2) is 9.51. The molecule has 160 valence electrons. The Labute approximate surface area is 181 Å². The molecule has 2 aromatic heterocycles. The van der Waals surface area contributed by atoms with Gasteiger partial charge in [0.1, 0.15) is 5.75 Å². The fraction of sp³-hybridized carbons (Fsp3) is 0.280. The second-order valence-corrected chi connectivity index (χ2v) is 7.47. The molecule has 0 amide bonds. The quantitative estimate of drug-likeness (QED) is 0.257. The highest BCUT2D eigenvalue weighted by Crippen LogP contribution is 2.31. The van der Waals surface area contributed by atoms with E-state index in [4.69, 9.17) is 14.1 Å². The maximum absolute atomic E-state index is 11.2. The number of ether oxygens (including phenoxy) is 2. The van der Waals surface area contributed by atoms with Gasteiger partial charge in [0.15, 0.2) is 11.6 Å². The highest BCUT2D eigenvalue weighted by atomic mass is 16.5. The summed E-state index contributed by atoms with van der Waals surface area (Å²) in [5.41, 5.74) is 4.04. The normalized spacial score (nSPS) is 11.0. The van der Waals surface area contributed by atoms with Crippen LogP contribution in [0.1, 0.15) is 31.2 Å². The molecule has 4 aromatic rings. The van der Waals surface area contributed by atoms with Gasteiger partial charge in [-0.1, -0.05) is 17.7 Å². The monoisotopic (exact) mass is 418 g/mol. The minimum atomic E-state index is -0.164. The average Bonchev–Trinajstić information content (AvgIpc) is 3.44. The van der Waals surface area contributed by atoms with E-state index >= 15 is 0 Å². The van der Waals surface area contributed by atoms with Crippen molar-refractivity contribution in [3.05, 3.63) is 66.4 Å². The first kappa shape index (κ1) is 20.7. The molecule has 0 N–H and O–H groups in total. The van der Waals surface area contributed by atoms with E-state index in [1.165, 1.54) is 12.7 Å². The summed E-state index contributed by atoms with van der Waals surface area (Å²) in [4.78, 5) is 16.0. The second-order valence-electron chi connectivity index (χ2n) is 7.47. The predicted octanol–water partition coefficient (Wildman–Crippen LogP) is 5.71. The van der Waals surface area contributed by atoms with Gasteiger partial charge in [-0.3, -0.25) is 9.36 Å². The molecule has 0 spiro atoms. The van der Waals surface area contributed by atoms with Crippen molar-refractivity contribution in [1.82, 2.24) is 9.55 Å². The van der Waals surface area contributed by atoms with Gasteiger partial charge in [-0.05, 0) is 62.6 Å². The molecule has 0 fully saturated rings. The Morgan fingerprint density at radius 3 is 2.65 bits per heavy atom. The molecule has 0 bridgehead atoms. The van der Waals surface area contributed by atoms with Crippen molar-refractivity contribution in [2.75, 3.05) is 13.7 Å². The molecule has 0 saturated heterocycles. The van der Waals surface area contributed by atoms with Crippen molar-refractivity contribution in [3.8, 4) is 23.0 Å². The minimum absolute atomic E-state index is 0.164. The van der Waals surface area contributed by atoms with Crippen LogP contribution in [-0.4, -0.2) is 29.2 Å². The van der Waals surface area contributed by atoms with Crippen molar-refractivity contribution >= 4 is 17.0 Å². The number of fused-ring (bicyclic) bond motifs is 1. The maximum Gasteiger partial charge on any atom is 0.305 e. The Morgan fingerprint density at radius 1 is 1.06 bits per heavy atom. The molecule has 0 aliphatic carbocycles. The van der Waals surface area contributed by atoms with Crippen LogP contribution in [0, 0.1) is 6.92 Å². The van der Waals surface area contributed by atoms with Crippen LogP contribution in [0.3, 0.4) is 0 Å². The van der Waals surface area contributed by atoms with Gasteiger partial charge in [0.25, 0.3) is 0 Å². The number of unbranched alkanes of at least 4 members (excludes halogenated alkanes) is 2. The number of carbonyl (C=O) groups is 1. The number of hydrogen-bond acceptors (Lipinski definition) is 5. The van der Waals surface area contributed by atoms with Crippen LogP contribution in [-0.2, 0) is 9.53 Å². The van der Waals surface area contributed by atoms with Crippen molar-refractivity contribution in [1.29, 1.82) is 0 Å². The van der Waals surface area contributed by atoms with Gasteiger partial charge in [-0.2, -0.15) is 0 Å². The van der Waals surface area contributed by atoms with Gasteiger partial charge in [-0.25, -0.2) is 4.98 Å². The first-order valence-electron chi connectivity index (χ1n) is 10.5. The fourth-order valence-electron chi connectivity index (χ4n) is 3.51. The summed E-state index contributed by atoms with van der Waals surface area (Å²) in [5, 5.41) is 0. The molecule has 0 unspecified atom stereocenters. The summed E-state index contributed by atoms with van der Waals surface area (Å²) in [6.45, 7) is 2.66. The molecule has 0 aliphatic heterocycles. The molecular formula is C25H26N2O4. The van der Waals surface area contributed by atoms with Gasteiger partial charge in [0.2, 0.25) is 0 Å². The molecule has 0 aliphatic rings. The Kier molecular flexibility index (Phi) is 6.36. The first-order chi connectivity index (χ1) is 15.2. The number of furan rings is 1. The Bertz CT molecular complexity index is 1140. The maximum atomic E-state index is 11.2. The lowest BCUT2D eigenvalue weighted by Gasteiger charge is -2.10. The minimum Gasteiger partial charge on any atom is -0.494 e. The summed E-state index contributed by atoms with van der Waals surface area (Å²) >= 11 is 0. The van der Waals surface area contributed by atoms with E-state index in [0.717, 1.165) is 47.6 Å². The average molecular weight is 418 g/mol. The highest BCUT2D eigenvalue weighted by molar-refractivity contribution is 5.83. The number of rotatable bonds is 9. The number of methoxy groups -OCH3 is 1. The van der Waals surface area contributed by atoms with Gasteiger partial charge >= 0.3 is 5.97 Å². The SMILES string of the molecule is COC(=O)CCCCCOc1ccc2nc(-c3ccco3)n(-c3ccc(C)cc3)c2c1. The lowest BCUT2D eigenvalue weighted by atomic mass is 10.2. The van der Waals surface area contributed by atoms with Crippen LogP contribution in [0.2, 0.25) is 0 Å². The Morgan fingerprint density at radius 2 is 1.90 bits per heavy atom. The number of benzene rings is 2. The fourth-order valence-corrected chi connectivity index (χ4v) is 3.51. The molecule has 2 heterocycles. The molecule has 4 rings (SSSR count). The van der Waals surface area contributed by atoms with E-state index in [1.54, 1.807) is 6.26 Å². The van der Waals surface area contributed by atoms with Crippen LogP contribution >= 0.6 is 0 Å². The molecular weight excluding hydrogens is 392 g/mol. The van der Waals surface area contributed by atoms with Crippen LogP contribution < -0.4 is 4.74 Å². The lowest BCUT2D eigenvalue weighted by molar-refractivity contribution is -0.140. The van der Waals surface area contributed by atoms with E-state index in [0.29, 0.717) is 18.8 Å². The standard InChI is InChI=1S/C25H26N2O4/c1-18-9-11-19(12-10-18)27-22-17-20(30-15-5-3-4-8-24(28)29-2)13-14-21(22)26-25(27)23-7-6-16-31-23/h6-7,9-14,16-17H,3-5,8,15H2,1-2H3. The van der Waals surface area contributed by atoms with Gasteiger partial charge in [-0.15, -0.1) is 0 Å². The third kappa shape index (κ3) is 4.79. The smallest absolute Gasteiger partial charge is 0.305 e. The zero-order valence-corrected chi connectivity index (χ0v) is 17.8. The van der Waals surface area contributed by atoms with Gasteiger partial charge in [0.05, 0.1) is 31.0 Å². The number of nitrogens with zero attached hydrogens (tertiary/aromatic N) is 2. The number of hydrogen-bond donors (Lipinski definition) is 0. The van der Waals surface area contributed by atoms with E-state index in [-0.39, 0.29) is 5.97 Å². The molecule has 31 heavy (non-hydrogen) atoms. The topological polar surface area (TPSA) is 66.5 Å². The van der Waals surface area contributed by atoms with Crippen molar-refractivity contribution < 1.29 is 18.7 Å². The summed E-state index contributed by atoms with van der Waals surface area (Å²) in [6, 6.07) is 18.0. The lowest BCUT2D eigenvalue weighted by Crippen LogP contribution is -2.01. The molecule has 0 saturated carbocycles. The summed E-state index contributed by atoms with van der Waals surface area (Å²) in [6.07, 6.45) is 4.71. The molecule has 6 nitrogen and oxygen atoms in total. The number of carbonyl (C=O) groups excluding carboxylic acids is 1. The zero-order valence-electron chi connectivity index (χ0n) is 17.8. The first-order valence-corrected chi connectivity index (χ1v) is 10.5. The largest absolute Gasteiger partial charge is 0.494 e. The highest BCUT2D eigenvalue weighted by Gasteiger charge is 2.17. The van der Waals surface area contributed by atoms with Crippen LogP contribution in [0.15, 0.2) is 65.3 Å². The summed E-state index contributed by atoms with van der Waals surface area (Å²) in [5.74, 6) is 2.09. The molecule has 0 atom stereocenters. The number of esters is 1. The van der Waals surface area contributed by atoms with Crippen LogP contribution in [0.25, 0.3) is 28.3 Å². The van der Waals surface area contributed by atoms with E-state index in [2.05, 4.69) is 40.5 Å². The number of aromatic nitrogens is 2. The third-order valence-corrected chi connectivity index (χ3v) is 5.18. The summed E-state index contributed by atoms with van der Waals surface area (Å²) in [7, 11) is 1.42. The molecule has 0 radical (unpaired) electrons. The zero-order chi connectivity index (χ0) is 21.6. The third-order valence-electron chi connectivity index (χ3n) is 5.18. The Balaban J connectivity index is 1.56. The van der Waals surface area contributed by atoms with Crippen molar-refractivity contribution in [3.63, 3.8) is 0 Å². The Hall–Kier alpha value is -3.54. The molecule has 6 heteroatoms. The predicted molar refractivity (Wildman–Crippen MR) is 119 cm³/mol. The van der Waals surface area contributed by atoms with Crippen LogP contribution in [0.5, 0.6) is 5.75 Å². The number of imidazole rings is 1. The van der Waals surface area contributed by atoms with Gasteiger partial charge in [0, 0.05) is 18.2 Å².